The number of benzene rings is 1. The standard InChI is InChI=1S/C15H17N3O2/c1-3-11-20-15(19)14-12(2)18(17-16-14)10-9-13-7-5-4-6-8-13/h3-8H,1,9-11H2,2H3. The maximum absolute atomic E-state index is 11.7. The van der Waals surface area contributed by atoms with Gasteiger partial charge in [-0.2, -0.15) is 0 Å². The van der Waals surface area contributed by atoms with Gasteiger partial charge in [0.05, 0.1) is 5.69 Å². The molecule has 0 saturated carbocycles. The number of ether oxygens (including phenoxy) is 1. The summed E-state index contributed by atoms with van der Waals surface area (Å²) in [6.45, 7) is 6.17. The van der Waals surface area contributed by atoms with Gasteiger partial charge >= 0.3 is 5.97 Å². The number of hydrogen-bond acceptors (Lipinski definition) is 4. The van der Waals surface area contributed by atoms with Crippen LogP contribution in [0.2, 0.25) is 0 Å². The van der Waals surface area contributed by atoms with Crippen molar-refractivity contribution in [2.45, 2.75) is 19.9 Å². The molecule has 1 aromatic heterocycles. The molecule has 0 unspecified atom stereocenters. The molecule has 0 aliphatic carbocycles. The van der Waals surface area contributed by atoms with Crippen molar-refractivity contribution in [3.05, 3.63) is 59.9 Å². The minimum Gasteiger partial charge on any atom is -0.457 e. The van der Waals surface area contributed by atoms with E-state index in [1.54, 1.807) is 4.68 Å². The van der Waals surface area contributed by atoms with Crippen molar-refractivity contribution in [1.82, 2.24) is 15.0 Å². The normalized spacial score (nSPS) is 10.2. The molecule has 1 aromatic carbocycles. The zero-order valence-corrected chi connectivity index (χ0v) is 11.5. The third-order valence-electron chi connectivity index (χ3n) is 2.96. The highest BCUT2D eigenvalue weighted by Gasteiger charge is 2.17. The second-order valence-corrected chi connectivity index (χ2v) is 4.37. The van der Waals surface area contributed by atoms with Crippen molar-refractivity contribution in [2.24, 2.45) is 0 Å². The molecule has 0 saturated heterocycles. The van der Waals surface area contributed by atoms with Crippen molar-refractivity contribution < 1.29 is 9.53 Å². The van der Waals surface area contributed by atoms with E-state index in [2.05, 4.69) is 29.0 Å². The summed E-state index contributed by atoms with van der Waals surface area (Å²) in [5.41, 5.74) is 2.20. The van der Waals surface area contributed by atoms with Crippen molar-refractivity contribution >= 4 is 5.97 Å². The number of rotatable bonds is 6. The number of hydrogen-bond donors (Lipinski definition) is 0. The second-order valence-electron chi connectivity index (χ2n) is 4.37. The van der Waals surface area contributed by atoms with Crippen molar-refractivity contribution in [2.75, 3.05) is 6.61 Å². The second kappa shape index (κ2) is 6.65. The highest BCUT2D eigenvalue weighted by atomic mass is 16.5. The number of carbonyl (C=O) groups excluding carboxylic acids is 1. The number of nitrogens with zero attached hydrogens (tertiary/aromatic N) is 3. The van der Waals surface area contributed by atoms with Gasteiger partial charge in [0.15, 0.2) is 5.69 Å². The van der Waals surface area contributed by atoms with Gasteiger partial charge in [-0.15, -0.1) is 5.10 Å². The minimum atomic E-state index is -0.464. The van der Waals surface area contributed by atoms with E-state index >= 15 is 0 Å². The maximum Gasteiger partial charge on any atom is 0.361 e. The molecule has 0 aliphatic heterocycles. The topological polar surface area (TPSA) is 57.0 Å². The van der Waals surface area contributed by atoms with Gasteiger partial charge in [0, 0.05) is 6.54 Å². The molecule has 5 nitrogen and oxygen atoms in total. The average molecular weight is 271 g/mol. The molecule has 2 aromatic rings. The van der Waals surface area contributed by atoms with E-state index in [4.69, 9.17) is 4.74 Å². The highest BCUT2D eigenvalue weighted by Crippen LogP contribution is 2.08. The van der Waals surface area contributed by atoms with Crippen molar-refractivity contribution in [3.8, 4) is 0 Å². The van der Waals surface area contributed by atoms with E-state index in [-0.39, 0.29) is 12.3 Å². The molecule has 0 spiro atoms. The largest absolute Gasteiger partial charge is 0.457 e. The Hall–Kier alpha value is -2.43. The number of carbonyl (C=O) groups is 1. The molecule has 0 fully saturated rings. The molecule has 0 atom stereocenters. The van der Waals surface area contributed by atoms with Crippen LogP contribution in [-0.4, -0.2) is 27.6 Å². The van der Waals surface area contributed by atoms with E-state index in [1.807, 2.05) is 25.1 Å². The Morgan fingerprint density at radius 3 is 2.85 bits per heavy atom. The molecule has 0 aliphatic rings. The molecule has 0 radical (unpaired) electrons. The molecule has 20 heavy (non-hydrogen) atoms. The summed E-state index contributed by atoms with van der Waals surface area (Å²) in [4.78, 5) is 11.7. The first-order valence-electron chi connectivity index (χ1n) is 6.44. The monoisotopic (exact) mass is 271 g/mol. The fourth-order valence-electron chi connectivity index (χ4n) is 1.84. The summed E-state index contributed by atoms with van der Waals surface area (Å²) in [6, 6.07) is 10.1. The quantitative estimate of drug-likeness (QED) is 0.597. The summed E-state index contributed by atoms with van der Waals surface area (Å²) in [6.07, 6.45) is 2.36. The first-order chi connectivity index (χ1) is 9.72. The fourth-order valence-corrected chi connectivity index (χ4v) is 1.84. The van der Waals surface area contributed by atoms with Gasteiger partial charge in [0.2, 0.25) is 0 Å². The molecular formula is C15H17N3O2. The van der Waals surface area contributed by atoms with E-state index in [0.717, 1.165) is 12.1 Å². The lowest BCUT2D eigenvalue weighted by atomic mass is 10.1. The van der Waals surface area contributed by atoms with Crippen LogP contribution in [0.1, 0.15) is 21.7 Å². The van der Waals surface area contributed by atoms with Gasteiger partial charge in [-0.1, -0.05) is 48.2 Å². The summed E-state index contributed by atoms with van der Waals surface area (Å²) < 4.78 is 6.68. The molecule has 0 amide bonds. The zero-order chi connectivity index (χ0) is 14.4. The molecule has 2 rings (SSSR count). The summed E-state index contributed by atoms with van der Waals surface area (Å²) in [5, 5.41) is 7.88. The van der Waals surface area contributed by atoms with E-state index in [9.17, 15) is 4.79 Å². The minimum absolute atomic E-state index is 0.176. The Kier molecular flexibility index (Phi) is 4.65. The Labute approximate surface area is 117 Å². The summed E-state index contributed by atoms with van der Waals surface area (Å²) in [7, 11) is 0. The van der Waals surface area contributed by atoms with Crippen LogP contribution in [0.15, 0.2) is 43.0 Å². The number of esters is 1. The Morgan fingerprint density at radius 1 is 1.40 bits per heavy atom. The van der Waals surface area contributed by atoms with Gasteiger partial charge in [-0.25, -0.2) is 9.48 Å². The predicted octanol–water partition coefficient (Wildman–Crippen LogP) is 2.17. The van der Waals surface area contributed by atoms with Gasteiger partial charge in [0.1, 0.15) is 6.61 Å². The van der Waals surface area contributed by atoms with Gasteiger partial charge in [-0.05, 0) is 18.9 Å². The van der Waals surface area contributed by atoms with Gasteiger partial charge in [0.25, 0.3) is 0 Å². The van der Waals surface area contributed by atoms with Crippen LogP contribution < -0.4 is 0 Å². The zero-order valence-electron chi connectivity index (χ0n) is 11.5. The summed E-state index contributed by atoms with van der Waals surface area (Å²) >= 11 is 0. The molecular weight excluding hydrogens is 254 g/mol. The van der Waals surface area contributed by atoms with Crippen LogP contribution in [0.4, 0.5) is 0 Å². The number of aryl methyl sites for hydroxylation is 2. The third-order valence-corrected chi connectivity index (χ3v) is 2.96. The Balaban J connectivity index is 2.01. The average Bonchev–Trinajstić information content (AvgIpc) is 2.85. The molecule has 0 bridgehead atoms. The fraction of sp³-hybridized carbons (Fsp3) is 0.267. The first-order valence-corrected chi connectivity index (χ1v) is 6.44. The van der Waals surface area contributed by atoms with Crippen molar-refractivity contribution in [1.29, 1.82) is 0 Å². The lowest BCUT2D eigenvalue weighted by molar-refractivity contribution is 0.0542. The molecule has 104 valence electrons. The van der Waals surface area contributed by atoms with Crippen LogP contribution in [0, 0.1) is 6.92 Å². The maximum atomic E-state index is 11.7. The molecule has 5 heteroatoms. The van der Waals surface area contributed by atoms with Gasteiger partial charge < -0.3 is 4.74 Å². The lowest BCUT2D eigenvalue weighted by Crippen LogP contribution is -2.09. The SMILES string of the molecule is C=CCOC(=O)c1nnn(CCc2ccccc2)c1C. The van der Waals surface area contributed by atoms with Crippen LogP contribution in [0.5, 0.6) is 0 Å². The number of aromatic nitrogens is 3. The third kappa shape index (κ3) is 3.32. The smallest absolute Gasteiger partial charge is 0.361 e. The predicted molar refractivity (Wildman–Crippen MR) is 75.4 cm³/mol. The van der Waals surface area contributed by atoms with E-state index in [0.29, 0.717) is 6.54 Å². The van der Waals surface area contributed by atoms with Crippen LogP contribution in [0.3, 0.4) is 0 Å². The molecule has 0 N–H and O–H groups in total. The lowest BCUT2D eigenvalue weighted by Gasteiger charge is -2.04. The summed E-state index contributed by atoms with van der Waals surface area (Å²) in [5.74, 6) is -0.464. The van der Waals surface area contributed by atoms with Crippen LogP contribution in [-0.2, 0) is 17.7 Å². The Bertz CT molecular complexity index is 590. The highest BCUT2D eigenvalue weighted by molar-refractivity contribution is 5.88. The molecule has 1 heterocycles. The Morgan fingerprint density at radius 2 is 2.15 bits per heavy atom. The van der Waals surface area contributed by atoms with Crippen LogP contribution in [0.25, 0.3) is 0 Å². The first kappa shape index (κ1) is 14.0. The van der Waals surface area contributed by atoms with E-state index in [1.165, 1.54) is 11.6 Å². The van der Waals surface area contributed by atoms with Gasteiger partial charge in [-0.3, -0.25) is 0 Å². The van der Waals surface area contributed by atoms with Crippen LogP contribution >= 0.6 is 0 Å². The van der Waals surface area contributed by atoms with Crippen molar-refractivity contribution in [3.63, 3.8) is 0 Å². The van der Waals surface area contributed by atoms with E-state index < -0.39 is 5.97 Å².